The molecule has 8 nitrogen and oxygen atoms in total. The van der Waals surface area contributed by atoms with Crippen LogP contribution < -0.4 is 22.1 Å². The highest BCUT2D eigenvalue weighted by Crippen LogP contribution is 2.15. The Hall–Kier alpha value is -2.61. The molecule has 0 aliphatic rings. The summed E-state index contributed by atoms with van der Waals surface area (Å²) in [7, 11) is 0. The van der Waals surface area contributed by atoms with Gasteiger partial charge < -0.3 is 27.2 Å². The Balaban J connectivity index is 2.68. The largest absolute Gasteiger partial charge is 0.481 e. The molecule has 0 aromatic heterocycles. The number of urea groups is 1. The zero-order valence-electron chi connectivity index (χ0n) is 9.92. The fourth-order valence-electron chi connectivity index (χ4n) is 1.33. The van der Waals surface area contributed by atoms with Crippen LogP contribution in [0.4, 0.5) is 16.2 Å². The third kappa shape index (κ3) is 5.04. The van der Waals surface area contributed by atoms with Crippen LogP contribution in [0.15, 0.2) is 24.3 Å². The number of amides is 3. The van der Waals surface area contributed by atoms with Crippen molar-refractivity contribution in [3.63, 3.8) is 0 Å². The van der Waals surface area contributed by atoms with Gasteiger partial charge in [0.15, 0.2) is 0 Å². The predicted molar refractivity (Wildman–Crippen MR) is 68.5 cm³/mol. The number of hydrogen-bond acceptors (Lipinski definition) is 4. The van der Waals surface area contributed by atoms with Crippen LogP contribution in [-0.4, -0.2) is 29.1 Å². The van der Waals surface area contributed by atoms with E-state index in [1.54, 1.807) is 18.2 Å². The van der Waals surface area contributed by atoms with Gasteiger partial charge in [0.1, 0.15) is 0 Å². The van der Waals surface area contributed by atoms with Crippen molar-refractivity contribution in [3.8, 4) is 0 Å². The number of nitrogens with one attached hydrogen (secondary N) is 2. The molecule has 3 amide bonds. The Morgan fingerprint density at radius 3 is 2.32 bits per heavy atom. The van der Waals surface area contributed by atoms with E-state index in [-0.39, 0.29) is 0 Å². The highest BCUT2D eigenvalue weighted by atomic mass is 16.4. The minimum absolute atomic E-state index is 0.372. The van der Waals surface area contributed by atoms with Gasteiger partial charge in [-0.25, -0.2) is 4.79 Å². The van der Waals surface area contributed by atoms with E-state index in [2.05, 4.69) is 10.6 Å². The fraction of sp³-hybridized carbons (Fsp3) is 0.182. The van der Waals surface area contributed by atoms with Crippen molar-refractivity contribution in [1.82, 2.24) is 0 Å². The molecule has 0 bridgehead atoms. The standard InChI is InChI=1S/C11H14N4O4/c12-8(5-9(16)17)10(18)14-6-2-1-3-7(4-6)15-11(13)19/h1-4,8H,5,12H2,(H,14,18)(H,16,17)(H3,13,15,19). The molecule has 0 heterocycles. The van der Waals surface area contributed by atoms with E-state index in [4.69, 9.17) is 16.6 Å². The second-order valence-corrected chi connectivity index (χ2v) is 3.76. The first-order valence-electron chi connectivity index (χ1n) is 5.33. The number of nitrogens with two attached hydrogens (primary N) is 2. The first kappa shape index (κ1) is 14.5. The fourth-order valence-corrected chi connectivity index (χ4v) is 1.33. The molecule has 0 saturated carbocycles. The van der Waals surface area contributed by atoms with Crippen molar-refractivity contribution in [1.29, 1.82) is 0 Å². The summed E-state index contributed by atoms with van der Waals surface area (Å²) in [5.41, 5.74) is 11.1. The Labute approximate surface area is 108 Å². The van der Waals surface area contributed by atoms with Crippen molar-refractivity contribution < 1.29 is 19.5 Å². The quantitative estimate of drug-likeness (QED) is 0.505. The van der Waals surface area contributed by atoms with Crippen molar-refractivity contribution in [2.75, 3.05) is 10.6 Å². The molecule has 0 spiro atoms. The van der Waals surface area contributed by atoms with E-state index in [0.29, 0.717) is 11.4 Å². The molecule has 0 saturated heterocycles. The first-order valence-corrected chi connectivity index (χ1v) is 5.33. The zero-order chi connectivity index (χ0) is 14.4. The van der Waals surface area contributed by atoms with Crippen molar-refractivity contribution in [2.24, 2.45) is 11.5 Å². The summed E-state index contributed by atoms with van der Waals surface area (Å²) in [5.74, 6) is -1.79. The van der Waals surface area contributed by atoms with E-state index >= 15 is 0 Å². The molecule has 0 fully saturated rings. The molecule has 0 aliphatic heterocycles. The van der Waals surface area contributed by atoms with Gasteiger partial charge in [-0.05, 0) is 18.2 Å². The Morgan fingerprint density at radius 2 is 1.79 bits per heavy atom. The third-order valence-electron chi connectivity index (χ3n) is 2.13. The molecule has 1 aromatic rings. The number of anilines is 2. The number of carboxylic acids is 1. The van der Waals surface area contributed by atoms with Gasteiger partial charge >= 0.3 is 12.0 Å². The monoisotopic (exact) mass is 266 g/mol. The van der Waals surface area contributed by atoms with Gasteiger partial charge in [0, 0.05) is 11.4 Å². The molecular weight excluding hydrogens is 252 g/mol. The number of aliphatic carboxylic acids is 1. The molecule has 1 rings (SSSR count). The van der Waals surface area contributed by atoms with Gasteiger partial charge in [-0.2, -0.15) is 0 Å². The third-order valence-corrected chi connectivity index (χ3v) is 2.13. The Bertz CT molecular complexity index is 503. The van der Waals surface area contributed by atoms with E-state index in [1.165, 1.54) is 6.07 Å². The molecule has 7 N–H and O–H groups in total. The van der Waals surface area contributed by atoms with E-state index < -0.39 is 30.4 Å². The maximum absolute atomic E-state index is 11.6. The number of benzene rings is 1. The lowest BCUT2D eigenvalue weighted by atomic mass is 10.2. The minimum Gasteiger partial charge on any atom is -0.481 e. The van der Waals surface area contributed by atoms with Crippen LogP contribution in [-0.2, 0) is 9.59 Å². The van der Waals surface area contributed by atoms with Crippen molar-refractivity contribution >= 4 is 29.3 Å². The lowest BCUT2D eigenvalue weighted by molar-refractivity contribution is -0.138. The summed E-state index contributed by atoms with van der Waals surface area (Å²) in [6, 6.07) is 4.32. The highest BCUT2D eigenvalue weighted by molar-refractivity contribution is 5.97. The lowest BCUT2D eigenvalue weighted by Gasteiger charge is -2.11. The smallest absolute Gasteiger partial charge is 0.316 e. The SMILES string of the molecule is NC(=O)Nc1cccc(NC(=O)C(N)CC(=O)O)c1. The Morgan fingerprint density at radius 1 is 1.21 bits per heavy atom. The van der Waals surface area contributed by atoms with E-state index in [0.717, 1.165) is 0 Å². The number of carbonyl (C=O) groups excluding carboxylic acids is 2. The van der Waals surface area contributed by atoms with Crippen LogP contribution in [0.5, 0.6) is 0 Å². The number of hydrogen-bond donors (Lipinski definition) is 5. The normalized spacial score (nSPS) is 11.4. The van der Waals surface area contributed by atoms with Crippen LogP contribution >= 0.6 is 0 Å². The molecule has 1 atom stereocenters. The molecule has 0 radical (unpaired) electrons. The number of carboxylic acid groups (broad SMARTS) is 1. The zero-order valence-corrected chi connectivity index (χ0v) is 9.92. The molecule has 102 valence electrons. The van der Waals surface area contributed by atoms with Gasteiger partial charge in [0.05, 0.1) is 12.5 Å². The molecule has 1 aromatic carbocycles. The van der Waals surface area contributed by atoms with Crippen LogP contribution in [0.3, 0.4) is 0 Å². The summed E-state index contributed by atoms with van der Waals surface area (Å²) < 4.78 is 0. The molecular formula is C11H14N4O4. The van der Waals surface area contributed by atoms with Crippen LogP contribution in [0.1, 0.15) is 6.42 Å². The molecule has 1 unspecified atom stereocenters. The van der Waals surface area contributed by atoms with E-state index in [9.17, 15) is 14.4 Å². The summed E-state index contributed by atoms with van der Waals surface area (Å²) in [5, 5.41) is 13.3. The Kier molecular flexibility index (Phi) is 4.84. The van der Waals surface area contributed by atoms with Gasteiger partial charge in [0.2, 0.25) is 5.91 Å². The van der Waals surface area contributed by atoms with Crippen molar-refractivity contribution in [3.05, 3.63) is 24.3 Å². The minimum atomic E-state index is -1.16. The number of carbonyl (C=O) groups is 3. The van der Waals surface area contributed by atoms with Crippen LogP contribution in [0.2, 0.25) is 0 Å². The molecule has 8 heteroatoms. The predicted octanol–water partition coefficient (Wildman–Crippen LogP) is -0.0823. The van der Waals surface area contributed by atoms with Crippen LogP contribution in [0.25, 0.3) is 0 Å². The second-order valence-electron chi connectivity index (χ2n) is 3.76. The molecule has 0 aliphatic carbocycles. The summed E-state index contributed by atoms with van der Waals surface area (Å²) in [6.45, 7) is 0. The topological polar surface area (TPSA) is 148 Å². The average Bonchev–Trinajstić information content (AvgIpc) is 2.27. The van der Waals surface area contributed by atoms with Gasteiger partial charge in [-0.15, -0.1) is 0 Å². The van der Waals surface area contributed by atoms with Gasteiger partial charge in [-0.1, -0.05) is 6.07 Å². The number of primary amides is 1. The van der Waals surface area contributed by atoms with Crippen molar-refractivity contribution in [2.45, 2.75) is 12.5 Å². The highest BCUT2D eigenvalue weighted by Gasteiger charge is 2.17. The first-order chi connectivity index (χ1) is 8.88. The maximum atomic E-state index is 11.6. The summed E-state index contributed by atoms with van der Waals surface area (Å²) in [4.78, 5) is 32.7. The van der Waals surface area contributed by atoms with Crippen LogP contribution in [0, 0.1) is 0 Å². The van der Waals surface area contributed by atoms with Gasteiger partial charge in [0.25, 0.3) is 0 Å². The lowest BCUT2D eigenvalue weighted by Crippen LogP contribution is -2.37. The van der Waals surface area contributed by atoms with E-state index in [1.807, 2.05) is 0 Å². The second kappa shape index (κ2) is 6.36. The average molecular weight is 266 g/mol. The van der Waals surface area contributed by atoms with Gasteiger partial charge in [-0.3, -0.25) is 9.59 Å². The summed E-state index contributed by atoms with van der Waals surface area (Å²) in [6.07, 6.45) is -0.467. The number of rotatable bonds is 5. The summed E-state index contributed by atoms with van der Waals surface area (Å²) >= 11 is 0. The molecule has 19 heavy (non-hydrogen) atoms. The maximum Gasteiger partial charge on any atom is 0.316 e.